The molecule has 1 amide bonds. The van der Waals surface area contributed by atoms with E-state index in [1.54, 1.807) is 23.9 Å². The van der Waals surface area contributed by atoms with E-state index in [4.69, 9.17) is 0 Å². The van der Waals surface area contributed by atoms with E-state index >= 15 is 0 Å². The molecular weight excluding hydrogens is 252 g/mol. The Morgan fingerprint density at radius 2 is 1.85 bits per heavy atom. The van der Waals surface area contributed by atoms with Crippen LogP contribution < -0.4 is 5.32 Å². The first-order chi connectivity index (χ1) is 9.38. The fourth-order valence-corrected chi connectivity index (χ4v) is 2.04. The molecule has 0 spiro atoms. The van der Waals surface area contributed by atoms with Crippen molar-refractivity contribution in [2.45, 2.75) is 20.8 Å². The molecule has 104 valence electrons. The van der Waals surface area contributed by atoms with Crippen LogP contribution in [0.5, 0.6) is 0 Å². The molecule has 0 fully saturated rings. The highest BCUT2D eigenvalue weighted by Crippen LogP contribution is 2.18. The standard InChI is InChI=1S/C16H18N2O2/c1-10-5-6-11(2)14(7-10)17-16(20)15-8-13(12(3)19)9-18(15)4/h5-9H,1-4H3,(H,17,20). The SMILES string of the molecule is CC(=O)c1cc(C(=O)Nc2cc(C)ccc2C)n(C)c1. The van der Waals surface area contributed by atoms with Crippen LogP contribution in [0.15, 0.2) is 30.5 Å². The monoisotopic (exact) mass is 270 g/mol. The van der Waals surface area contributed by atoms with Gasteiger partial charge in [0.05, 0.1) is 0 Å². The summed E-state index contributed by atoms with van der Waals surface area (Å²) in [4.78, 5) is 23.6. The zero-order valence-corrected chi connectivity index (χ0v) is 12.2. The normalized spacial score (nSPS) is 10.4. The van der Waals surface area contributed by atoms with Crippen molar-refractivity contribution in [3.8, 4) is 0 Å². The van der Waals surface area contributed by atoms with Gasteiger partial charge in [-0.1, -0.05) is 12.1 Å². The number of aryl methyl sites for hydroxylation is 3. The lowest BCUT2D eigenvalue weighted by Crippen LogP contribution is -2.16. The van der Waals surface area contributed by atoms with E-state index in [9.17, 15) is 9.59 Å². The quantitative estimate of drug-likeness (QED) is 0.871. The van der Waals surface area contributed by atoms with Crippen molar-refractivity contribution >= 4 is 17.4 Å². The maximum atomic E-state index is 12.3. The number of carbonyl (C=O) groups excluding carboxylic acids is 2. The number of nitrogens with one attached hydrogen (secondary N) is 1. The minimum atomic E-state index is -0.214. The van der Waals surface area contributed by atoms with E-state index in [0.717, 1.165) is 16.8 Å². The van der Waals surface area contributed by atoms with Crippen molar-refractivity contribution in [2.24, 2.45) is 7.05 Å². The third-order valence-electron chi connectivity index (χ3n) is 3.29. The first-order valence-electron chi connectivity index (χ1n) is 6.44. The molecule has 4 nitrogen and oxygen atoms in total. The molecule has 2 aromatic rings. The molecule has 1 aromatic carbocycles. The largest absolute Gasteiger partial charge is 0.346 e. The third kappa shape index (κ3) is 2.79. The third-order valence-corrected chi connectivity index (χ3v) is 3.29. The molecule has 0 saturated heterocycles. The van der Waals surface area contributed by atoms with Gasteiger partial charge in [-0.25, -0.2) is 0 Å². The molecule has 20 heavy (non-hydrogen) atoms. The average Bonchev–Trinajstić information content (AvgIpc) is 2.76. The van der Waals surface area contributed by atoms with Crippen LogP contribution >= 0.6 is 0 Å². The number of aromatic nitrogens is 1. The second kappa shape index (κ2) is 5.33. The maximum Gasteiger partial charge on any atom is 0.272 e. The number of ketones is 1. The number of anilines is 1. The summed E-state index contributed by atoms with van der Waals surface area (Å²) in [6.45, 7) is 5.41. The Bertz CT molecular complexity index is 684. The number of benzene rings is 1. The van der Waals surface area contributed by atoms with Gasteiger partial charge in [0.1, 0.15) is 5.69 Å². The molecule has 0 unspecified atom stereocenters. The smallest absolute Gasteiger partial charge is 0.272 e. The first-order valence-corrected chi connectivity index (χ1v) is 6.44. The number of rotatable bonds is 3. The highest BCUT2D eigenvalue weighted by atomic mass is 16.2. The minimum Gasteiger partial charge on any atom is -0.346 e. The zero-order chi connectivity index (χ0) is 14.9. The Labute approximate surface area is 118 Å². The Balaban J connectivity index is 2.28. The van der Waals surface area contributed by atoms with Crippen molar-refractivity contribution in [2.75, 3.05) is 5.32 Å². The molecule has 2 rings (SSSR count). The highest BCUT2D eigenvalue weighted by molar-refractivity contribution is 6.05. The maximum absolute atomic E-state index is 12.3. The van der Waals surface area contributed by atoms with Crippen LogP contribution in [0.3, 0.4) is 0 Å². The summed E-state index contributed by atoms with van der Waals surface area (Å²) in [5.74, 6) is -0.264. The van der Waals surface area contributed by atoms with E-state index in [1.807, 2.05) is 32.0 Å². The fourth-order valence-electron chi connectivity index (χ4n) is 2.04. The average molecular weight is 270 g/mol. The van der Waals surface area contributed by atoms with E-state index in [2.05, 4.69) is 5.32 Å². The fraction of sp³-hybridized carbons (Fsp3) is 0.250. The molecule has 0 aliphatic rings. The molecule has 1 aromatic heterocycles. The number of amides is 1. The van der Waals surface area contributed by atoms with E-state index in [-0.39, 0.29) is 11.7 Å². The van der Waals surface area contributed by atoms with Gasteiger partial charge in [-0.2, -0.15) is 0 Å². The lowest BCUT2D eigenvalue weighted by molar-refractivity contribution is 0.101. The number of Topliss-reactive ketones (excluding diaryl/α,β-unsaturated/α-hetero) is 1. The van der Waals surface area contributed by atoms with Crippen molar-refractivity contribution in [1.82, 2.24) is 4.57 Å². The Morgan fingerprint density at radius 1 is 1.15 bits per heavy atom. The summed E-state index contributed by atoms with van der Waals surface area (Å²) >= 11 is 0. The van der Waals surface area contributed by atoms with Gasteiger partial charge < -0.3 is 9.88 Å². The second-order valence-corrected chi connectivity index (χ2v) is 5.05. The molecule has 0 radical (unpaired) electrons. The zero-order valence-electron chi connectivity index (χ0n) is 12.2. The summed E-state index contributed by atoms with van der Waals surface area (Å²) in [7, 11) is 1.75. The van der Waals surface area contributed by atoms with Gasteiger partial charge in [-0.05, 0) is 44.0 Å². The Morgan fingerprint density at radius 3 is 2.45 bits per heavy atom. The van der Waals surface area contributed by atoms with Crippen LogP contribution in [0.1, 0.15) is 38.9 Å². The summed E-state index contributed by atoms with van der Waals surface area (Å²) in [5, 5.41) is 2.89. The summed E-state index contributed by atoms with van der Waals surface area (Å²) < 4.78 is 1.66. The summed E-state index contributed by atoms with van der Waals surface area (Å²) in [5.41, 5.74) is 3.89. The van der Waals surface area contributed by atoms with Crippen LogP contribution in [0.2, 0.25) is 0 Å². The second-order valence-electron chi connectivity index (χ2n) is 5.05. The predicted octanol–water partition coefficient (Wildman–Crippen LogP) is 3.10. The van der Waals surface area contributed by atoms with Crippen molar-refractivity contribution in [3.63, 3.8) is 0 Å². The van der Waals surface area contributed by atoms with E-state index in [1.165, 1.54) is 6.92 Å². The molecule has 1 N–H and O–H groups in total. The van der Waals surface area contributed by atoms with Gasteiger partial charge in [0.2, 0.25) is 0 Å². The molecule has 0 saturated carbocycles. The van der Waals surface area contributed by atoms with Gasteiger partial charge in [-0.3, -0.25) is 9.59 Å². The minimum absolute atomic E-state index is 0.0496. The molecule has 0 aliphatic heterocycles. The summed E-state index contributed by atoms with van der Waals surface area (Å²) in [6.07, 6.45) is 1.67. The van der Waals surface area contributed by atoms with Crippen molar-refractivity contribution in [1.29, 1.82) is 0 Å². The van der Waals surface area contributed by atoms with Crippen LogP contribution in [-0.2, 0) is 7.05 Å². The lowest BCUT2D eigenvalue weighted by atomic mass is 10.1. The Hall–Kier alpha value is -2.36. The van der Waals surface area contributed by atoms with Crippen LogP contribution in [-0.4, -0.2) is 16.3 Å². The topological polar surface area (TPSA) is 51.1 Å². The molecular formula is C16H18N2O2. The van der Waals surface area contributed by atoms with Crippen molar-refractivity contribution < 1.29 is 9.59 Å². The van der Waals surface area contributed by atoms with Crippen LogP contribution in [0.4, 0.5) is 5.69 Å². The van der Waals surface area contributed by atoms with Crippen molar-refractivity contribution in [3.05, 3.63) is 52.8 Å². The Kier molecular flexibility index (Phi) is 3.74. The predicted molar refractivity (Wildman–Crippen MR) is 79.3 cm³/mol. The molecule has 0 aliphatic carbocycles. The molecule has 0 atom stereocenters. The first kappa shape index (κ1) is 14.1. The lowest BCUT2D eigenvalue weighted by Gasteiger charge is -2.09. The van der Waals surface area contributed by atoms with Crippen LogP contribution in [0, 0.1) is 13.8 Å². The van der Waals surface area contributed by atoms with Gasteiger partial charge >= 0.3 is 0 Å². The van der Waals surface area contributed by atoms with Crippen LogP contribution in [0.25, 0.3) is 0 Å². The number of nitrogens with zero attached hydrogens (tertiary/aromatic N) is 1. The van der Waals surface area contributed by atoms with Gasteiger partial charge in [0, 0.05) is 24.5 Å². The number of hydrogen-bond acceptors (Lipinski definition) is 2. The van der Waals surface area contributed by atoms with Gasteiger partial charge in [-0.15, -0.1) is 0 Å². The molecule has 1 heterocycles. The van der Waals surface area contributed by atoms with Gasteiger partial charge in [0.25, 0.3) is 5.91 Å². The summed E-state index contributed by atoms with van der Waals surface area (Å²) in [6, 6.07) is 7.52. The number of hydrogen-bond donors (Lipinski definition) is 1. The molecule has 4 heteroatoms. The highest BCUT2D eigenvalue weighted by Gasteiger charge is 2.14. The molecule has 0 bridgehead atoms. The van der Waals surface area contributed by atoms with Gasteiger partial charge in [0.15, 0.2) is 5.78 Å². The number of carbonyl (C=O) groups is 2. The van der Waals surface area contributed by atoms with E-state index < -0.39 is 0 Å². The van der Waals surface area contributed by atoms with E-state index in [0.29, 0.717) is 11.3 Å².